The summed E-state index contributed by atoms with van der Waals surface area (Å²) in [6.45, 7) is 4.49. The lowest BCUT2D eigenvalue weighted by Gasteiger charge is -2.10. The summed E-state index contributed by atoms with van der Waals surface area (Å²) in [4.78, 5) is 0. The van der Waals surface area contributed by atoms with E-state index in [1.807, 2.05) is 6.92 Å². The Kier molecular flexibility index (Phi) is 4.09. The van der Waals surface area contributed by atoms with Gasteiger partial charge in [0.05, 0.1) is 5.69 Å². The second-order valence-corrected chi connectivity index (χ2v) is 5.12. The van der Waals surface area contributed by atoms with E-state index >= 15 is 0 Å². The third-order valence-corrected chi connectivity index (χ3v) is 3.15. The highest BCUT2D eigenvalue weighted by Gasteiger charge is 2.16. The minimum Gasteiger partial charge on any atom is -0.434 e. The van der Waals surface area contributed by atoms with Gasteiger partial charge >= 0.3 is 0 Å². The van der Waals surface area contributed by atoms with Crippen molar-refractivity contribution < 1.29 is 9.13 Å². The number of nitrogen functional groups attached to an aromatic ring is 1. The molecule has 0 saturated carbocycles. The van der Waals surface area contributed by atoms with Gasteiger partial charge in [0.25, 0.3) is 0 Å². The van der Waals surface area contributed by atoms with Gasteiger partial charge in [-0.1, -0.05) is 22.9 Å². The van der Waals surface area contributed by atoms with Gasteiger partial charge in [-0.2, -0.15) is 5.10 Å². The van der Waals surface area contributed by atoms with Crippen LogP contribution < -0.4 is 10.5 Å². The van der Waals surface area contributed by atoms with Gasteiger partial charge in [0, 0.05) is 11.0 Å². The molecule has 6 heteroatoms. The van der Waals surface area contributed by atoms with E-state index in [2.05, 4.69) is 21.0 Å². The van der Waals surface area contributed by atoms with Crippen LogP contribution in [0.25, 0.3) is 0 Å². The molecule has 2 rings (SSSR count). The molecule has 0 spiro atoms. The zero-order chi connectivity index (χ0) is 14.0. The lowest BCUT2D eigenvalue weighted by atomic mass is 10.3. The molecule has 0 aliphatic heterocycles. The summed E-state index contributed by atoms with van der Waals surface area (Å²) in [5.41, 5.74) is 7.04. The predicted octanol–water partition coefficient (Wildman–Crippen LogP) is 3.88. The van der Waals surface area contributed by atoms with Crippen molar-refractivity contribution in [1.29, 1.82) is 0 Å². The number of nitrogens with zero attached hydrogens (tertiary/aromatic N) is 2. The summed E-state index contributed by atoms with van der Waals surface area (Å²) in [5.74, 6) is 0.0687. The molecule has 0 aliphatic carbocycles. The van der Waals surface area contributed by atoms with E-state index in [0.29, 0.717) is 23.8 Å². The Balaban J connectivity index is 2.39. The molecule has 1 heterocycles. The number of nitrogens with two attached hydrogens (primary N) is 1. The Bertz CT molecular complexity index is 598. The summed E-state index contributed by atoms with van der Waals surface area (Å²) in [6, 6.07) is 4.51. The number of benzene rings is 1. The van der Waals surface area contributed by atoms with E-state index in [4.69, 9.17) is 10.5 Å². The fraction of sp³-hybridized carbons (Fsp3) is 0.308. The first-order valence-corrected chi connectivity index (χ1v) is 6.78. The molecule has 19 heavy (non-hydrogen) atoms. The smallest absolute Gasteiger partial charge is 0.241 e. The van der Waals surface area contributed by atoms with Gasteiger partial charge in [-0.3, -0.25) is 0 Å². The summed E-state index contributed by atoms with van der Waals surface area (Å²) >= 11 is 3.28. The molecule has 0 atom stereocenters. The molecule has 1 aromatic carbocycles. The number of aromatic nitrogens is 2. The molecule has 0 fully saturated rings. The molecule has 0 amide bonds. The average Bonchev–Trinajstić information content (AvgIpc) is 2.62. The van der Waals surface area contributed by atoms with Gasteiger partial charge in [0.2, 0.25) is 5.88 Å². The molecule has 0 radical (unpaired) electrons. The standard InChI is InChI=1S/C13H15BrFN3O/c1-3-6-18-13(12(16)8(2)17-18)19-11-7-9(14)4-5-10(11)15/h4-5,7H,3,6,16H2,1-2H3. The van der Waals surface area contributed by atoms with E-state index < -0.39 is 5.82 Å². The molecule has 0 unspecified atom stereocenters. The molecule has 102 valence electrons. The van der Waals surface area contributed by atoms with Crippen LogP contribution in [0.5, 0.6) is 11.6 Å². The van der Waals surface area contributed by atoms with Crippen LogP contribution in [0.15, 0.2) is 22.7 Å². The van der Waals surface area contributed by atoms with Crippen molar-refractivity contribution in [3.8, 4) is 11.6 Å². The summed E-state index contributed by atoms with van der Waals surface area (Å²) < 4.78 is 21.7. The average molecular weight is 328 g/mol. The van der Waals surface area contributed by atoms with Crippen LogP contribution in [0.3, 0.4) is 0 Å². The third-order valence-electron chi connectivity index (χ3n) is 2.66. The second kappa shape index (κ2) is 5.61. The van der Waals surface area contributed by atoms with Gasteiger partial charge in [0.1, 0.15) is 5.69 Å². The molecular weight excluding hydrogens is 313 g/mol. The van der Waals surface area contributed by atoms with Gasteiger partial charge in [-0.05, 0) is 31.5 Å². The van der Waals surface area contributed by atoms with Crippen LogP contribution in [-0.4, -0.2) is 9.78 Å². The van der Waals surface area contributed by atoms with E-state index in [9.17, 15) is 4.39 Å². The number of halogens is 2. The minimum atomic E-state index is -0.440. The van der Waals surface area contributed by atoms with Crippen LogP contribution in [0, 0.1) is 12.7 Å². The zero-order valence-electron chi connectivity index (χ0n) is 10.8. The molecular formula is C13H15BrFN3O. The Morgan fingerprint density at radius 2 is 2.21 bits per heavy atom. The Morgan fingerprint density at radius 3 is 2.89 bits per heavy atom. The molecule has 0 bridgehead atoms. The molecule has 4 nitrogen and oxygen atoms in total. The SMILES string of the molecule is CCCn1nc(C)c(N)c1Oc1cc(Br)ccc1F. The first-order chi connectivity index (χ1) is 9.02. The van der Waals surface area contributed by atoms with Crippen molar-refractivity contribution in [3.63, 3.8) is 0 Å². The minimum absolute atomic E-state index is 0.123. The van der Waals surface area contributed by atoms with Crippen molar-refractivity contribution in [2.24, 2.45) is 0 Å². The summed E-state index contributed by atoms with van der Waals surface area (Å²) in [5, 5.41) is 4.28. The van der Waals surface area contributed by atoms with Crippen LogP contribution in [0.2, 0.25) is 0 Å². The fourth-order valence-electron chi connectivity index (χ4n) is 1.70. The maximum absolute atomic E-state index is 13.7. The van der Waals surface area contributed by atoms with Gasteiger partial charge < -0.3 is 10.5 Å². The number of ether oxygens (including phenoxy) is 1. The zero-order valence-corrected chi connectivity index (χ0v) is 12.4. The van der Waals surface area contributed by atoms with Gasteiger partial charge in [-0.25, -0.2) is 9.07 Å². The van der Waals surface area contributed by atoms with Gasteiger partial charge in [-0.15, -0.1) is 0 Å². The Morgan fingerprint density at radius 1 is 1.47 bits per heavy atom. The van der Waals surface area contributed by atoms with Crippen LogP contribution in [-0.2, 0) is 6.54 Å². The summed E-state index contributed by atoms with van der Waals surface area (Å²) in [7, 11) is 0. The largest absolute Gasteiger partial charge is 0.434 e. The molecule has 2 N–H and O–H groups in total. The first-order valence-electron chi connectivity index (χ1n) is 5.98. The molecule has 0 saturated heterocycles. The fourth-order valence-corrected chi connectivity index (χ4v) is 2.04. The monoisotopic (exact) mass is 327 g/mol. The molecule has 0 aliphatic rings. The van der Waals surface area contributed by atoms with E-state index in [0.717, 1.165) is 10.9 Å². The summed E-state index contributed by atoms with van der Waals surface area (Å²) in [6.07, 6.45) is 0.887. The van der Waals surface area contributed by atoms with Crippen molar-refractivity contribution in [3.05, 3.63) is 34.2 Å². The maximum atomic E-state index is 13.7. The molecule has 2 aromatic rings. The van der Waals surface area contributed by atoms with Crippen molar-refractivity contribution >= 4 is 21.6 Å². The lowest BCUT2D eigenvalue weighted by Crippen LogP contribution is -2.03. The van der Waals surface area contributed by atoms with E-state index in [1.54, 1.807) is 23.7 Å². The Hall–Kier alpha value is -1.56. The van der Waals surface area contributed by atoms with Crippen LogP contribution in [0.1, 0.15) is 19.0 Å². The van der Waals surface area contributed by atoms with Crippen molar-refractivity contribution in [1.82, 2.24) is 9.78 Å². The van der Waals surface area contributed by atoms with Crippen LogP contribution in [0.4, 0.5) is 10.1 Å². The lowest BCUT2D eigenvalue weighted by molar-refractivity contribution is 0.389. The highest BCUT2D eigenvalue weighted by atomic mass is 79.9. The van der Waals surface area contributed by atoms with Crippen molar-refractivity contribution in [2.45, 2.75) is 26.8 Å². The highest BCUT2D eigenvalue weighted by molar-refractivity contribution is 9.10. The highest BCUT2D eigenvalue weighted by Crippen LogP contribution is 2.32. The van der Waals surface area contributed by atoms with E-state index in [-0.39, 0.29) is 5.75 Å². The Labute approximate surface area is 119 Å². The predicted molar refractivity (Wildman–Crippen MR) is 75.8 cm³/mol. The van der Waals surface area contributed by atoms with Crippen molar-refractivity contribution in [2.75, 3.05) is 5.73 Å². The maximum Gasteiger partial charge on any atom is 0.241 e. The topological polar surface area (TPSA) is 53.1 Å². The molecule has 1 aromatic heterocycles. The van der Waals surface area contributed by atoms with Gasteiger partial charge in [0.15, 0.2) is 11.6 Å². The van der Waals surface area contributed by atoms with Crippen LogP contribution >= 0.6 is 15.9 Å². The number of hydrogen-bond acceptors (Lipinski definition) is 3. The number of anilines is 1. The first kappa shape index (κ1) is 13.9. The van der Waals surface area contributed by atoms with E-state index in [1.165, 1.54) is 6.07 Å². The third kappa shape index (κ3) is 2.89. The second-order valence-electron chi connectivity index (χ2n) is 4.20. The number of hydrogen-bond donors (Lipinski definition) is 1. The number of aryl methyl sites for hydroxylation is 2. The quantitative estimate of drug-likeness (QED) is 0.927. The normalized spacial score (nSPS) is 10.7. The number of rotatable bonds is 4.